The Balaban J connectivity index is 1.93. The summed E-state index contributed by atoms with van der Waals surface area (Å²) in [5.41, 5.74) is 0.840. The molecule has 0 spiro atoms. The number of nitro groups is 1. The van der Waals surface area contributed by atoms with E-state index in [1.807, 2.05) is 30.3 Å². The van der Waals surface area contributed by atoms with Gasteiger partial charge < -0.3 is 10.6 Å². The van der Waals surface area contributed by atoms with Gasteiger partial charge in [-0.05, 0) is 23.6 Å². The van der Waals surface area contributed by atoms with E-state index in [9.17, 15) is 23.3 Å². The van der Waals surface area contributed by atoms with Gasteiger partial charge >= 0.3 is 0 Å². The number of carbonyl (C=O) groups excluding carboxylic acids is 1. The van der Waals surface area contributed by atoms with Crippen molar-refractivity contribution in [3.63, 3.8) is 0 Å². The molecule has 0 aliphatic carbocycles. The number of sulfonamides is 1. The molecule has 0 saturated heterocycles. The van der Waals surface area contributed by atoms with Crippen LogP contribution in [0.5, 0.6) is 0 Å². The van der Waals surface area contributed by atoms with E-state index in [4.69, 9.17) is 5.14 Å². The Morgan fingerprint density at radius 3 is 2.40 bits per heavy atom. The monoisotopic (exact) mass is 434 g/mol. The van der Waals surface area contributed by atoms with Crippen molar-refractivity contribution in [3.05, 3.63) is 64.2 Å². The summed E-state index contributed by atoms with van der Waals surface area (Å²) in [6, 6.07) is 13.3. The molecule has 30 heavy (non-hydrogen) atoms. The summed E-state index contributed by atoms with van der Waals surface area (Å²) < 4.78 is 22.8. The molecule has 1 unspecified atom stereocenters. The first kappa shape index (κ1) is 23.3. The maximum absolute atomic E-state index is 12.2. The van der Waals surface area contributed by atoms with Gasteiger partial charge in [-0.3, -0.25) is 14.9 Å². The van der Waals surface area contributed by atoms with E-state index < -0.39 is 20.6 Å². The lowest BCUT2D eigenvalue weighted by Gasteiger charge is -2.22. The molecule has 162 valence electrons. The van der Waals surface area contributed by atoms with E-state index in [1.165, 1.54) is 12.1 Å². The molecule has 1 atom stereocenters. The van der Waals surface area contributed by atoms with Crippen LogP contribution < -0.4 is 15.8 Å². The van der Waals surface area contributed by atoms with Crippen LogP contribution in [0.3, 0.4) is 0 Å². The van der Waals surface area contributed by atoms with E-state index in [2.05, 4.69) is 24.5 Å². The Kier molecular flexibility index (Phi) is 7.90. The normalized spacial score (nSPS) is 12.4. The van der Waals surface area contributed by atoms with Crippen LogP contribution in [0.4, 0.5) is 11.4 Å². The Bertz CT molecular complexity index is 994. The molecule has 0 radical (unpaired) electrons. The summed E-state index contributed by atoms with van der Waals surface area (Å²) in [6.07, 6.45) is 0.105. The van der Waals surface area contributed by atoms with Crippen molar-refractivity contribution in [1.82, 2.24) is 5.32 Å². The van der Waals surface area contributed by atoms with Crippen LogP contribution in [-0.2, 0) is 14.8 Å². The molecule has 10 heteroatoms. The third-order valence-corrected chi connectivity index (χ3v) is 5.62. The smallest absolute Gasteiger partial charge is 0.293 e. The zero-order valence-corrected chi connectivity index (χ0v) is 17.7. The van der Waals surface area contributed by atoms with E-state index in [-0.39, 0.29) is 35.4 Å². The number of nitrogens with one attached hydrogen (secondary N) is 2. The van der Waals surface area contributed by atoms with Crippen LogP contribution in [0.25, 0.3) is 0 Å². The van der Waals surface area contributed by atoms with Crippen molar-refractivity contribution in [3.8, 4) is 0 Å². The number of hydrogen-bond donors (Lipinski definition) is 3. The second kappa shape index (κ2) is 10.2. The number of nitro benzene ring substituents is 1. The summed E-state index contributed by atoms with van der Waals surface area (Å²) in [5, 5.41) is 22.0. The Morgan fingerprint density at radius 1 is 1.17 bits per heavy atom. The van der Waals surface area contributed by atoms with Gasteiger partial charge in [-0.1, -0.05) is 44.2 Å². The SMILES string of the molecule is CC(C)C(CNC(=O)CCNc1ccc(S(N)(=O)=O)cc1[N+](=O)[O-])c1ccccc1. The van der Waals surface area contributed by atoms with Crippen molar-refractivity contribution in [2.75, 3.05) is 18.4 Å². The molecule has 4 N–H and O–H groups in total. The van der Waals surface area contributed by atoms with Crippen LogP contribution in [0.2, 0.25) is 0 Å². The van der Waals surface area contributed by atoms with Gasteiger partial charge in [0.2, 0.25) is 15.9 Å². The molecular formula is C20H26N4O5S. The lowest BCUT2D eigenvalue weighted by atomic mass is 9.88. The van der Waals surface area contributed by atoms with Gasteiger partial charge in [-0.25, -0.2) is 13.6 Å². The maximum Gasteiger partial charge on any atom is 0.293 e. The molecule has 9 nitrogen and oxygen atoms in total. The zero-order chi connectivity index (χ0) is 22.3. The number of nitrogens with zero attached hydrogens (tertiary/aromatic N) is 1. The number of benzene rings is 2. The van der Waals surface area contributed by atoms with Crippen molar-refractivity contribution < 1.29 is 18.1 Å². The predicted molar refractivity (Wildman–Crippen MR) is 115 cm³/mol. The minimum atomic E-state index is -4.05. The van der Waals surface area contributed by atoms with E-state index in [0.717, 1.165) is 11.6 Å². The minimum absolute atomic E-state index is 0.105. The lowest BCUT2D eigenvalue weighted by molar-refractivity contribution is -0.384. The van der Waals surface area contributed by atoms with Crippen molar-refractivity contribution in [2.24, 2.45) is 11.1 Å². The van der Waals surface area contributed by atoms with Crippen LogP contribution in [-0.4, -0.2) is 32.3 Å². The summed E-state index contributed by atoms with van der Waals surface area (Å²) in [5.74, 6) is 0.327. The molecule has 0 heterocycles. The van der Waals surface area contributed by atoms with Gasteiger partial charge in [0.05, 0.1) is 9.82 Å². The Labute approximate surface area is 175 Å². The molecule has 0 aliphatic rings. The number of carbonyl (C=O) groups is 1. The Hall–Kier alpha value is -2.98. The van der Waals surface area contributed by atoms with Crippen molar-refractivity contribution >= 4 is 27.3 Å². The predicted octanol–water partition coefficient (Wildman–Crippen LogP) is 2.60. The third-order valence-electron chi connectivity index (χ3n) is 4.71. The van der Waals surface area contributed by atoms with Crippen molar-refractivity contribution in [2.45, 2.75) is 31.1 Å². The van der Waals surface area contributed by atoms with E-state index >= 15 is 0 Å². The van der Waals surface area contributed by atoms with Gasteiger partial charge in [0.15, 0.2) is 0 Å². The summed E-state index contributed by atoms with van der Waals surface area (Å²) >= 11 is 0. The zero-order valence-electron chi connectivity index (χ0n) is 16.9. The van der Waals surface area contributed by atoms with Crippen molar-refractivity contribution in [1.29, 1.82) is 0 Å². The molecule has 2 aromatic carbocycles. The van der Waals surface area contributed by atoms with Gasteiger partial charge in [0, 0.05) is 31.5 Å². The highest BCUT2D eigenvalue weighted by Gasteiger charge is 2.20. The van der Waals surface area contributed by atoms with E-state index in [1.54, 1.807) is 0 Å². The standard InChI is InChI=1S/C20H26N4O5S/c1-14(2)17(15-6-4-3-5-7-15)13-23-20(25)10-11-22-18-9-8-16(30(21,28)29)12-19(18)24(26)27/h3-9,12,14,17,22H,10-11,13H2,1-2H3,(H,23,25)(H2,21,28,29). The van der Waals surface area contributed by atoms with Crippen LogP contribution in [0.1, 0.15) is 31.7 Å². The summed E-state index contributed by atoms with van der Waals surface area (Å²) in [6.45, 7) is 4.83. The highest BCUT2D eigenvalue weighted by atomic mass is 32.2. The van der Waals surface area contributed by atoms with Gasteiger partial charge in [0.25, 0.3) is 5.69 Å². The quantitative estimate of drug-likeness (QED) is 0.387. The summed E-state index contributed by atoms with van der Waals surface area (Å²) in [7, 11) is -4.05. The highest BCUT2D eigenvalue weighted by molar-refractivity contribution is 7.89. The molecule has 2 aromatic rings. The minimum Gasteiger partial charge on any atom is -0.379 e. The highest BCUT2D eigenvalue weighted by Crippen LogP contribution is 2.27. The first-order chi connectivity index (χ1) is 14.1. The molecule has 0 aliphatic heterocycles. The van der Waals surface area contributed by atoms with Crippen LogP contribution in [0.15, 0.2) is 53.4 Å². The molecular weight excluding hydrogens is 408 g/mol. The van der Waals surface area contributed by atoms with Crippen LogP contribution in [0, 0.1) is 16.0 Å². The first-order valence-corrected chi connectivity index (χ1v) is 11.0. The second-order valence-corrected chi connectivity index (χ2v) is 8.78. The lowest BCUT2D eigenvalue weighted by Crippen LogP contribution is -2.31. The molecule has 0 aromatic heterocycles. The molecule has 0 fully saturated rings. The first-order valence-electron chi connectivity index (χ1n) is 9.46. The van der Waals surface area contributed by atoms with Gasteiger partial charge in [-0.15, -0.1) is 0 Å². The fourth-order valence-corrected chi connectivity index (χ4v) is 3.58. The number of nitrogens with two attached hydrogens (primary N) is 1. The fourth-order valence-electron chi connectivity index (χ4n) is 3.05. The average Bonchev–Trinajstić information content (AvgIpc) is 2.68. The second-order valence-electron chi connectivity index (χ2n) is 7.22. The van der Waals surface area contributed by atoms with E-state index in [0.29, 0.717) is 12.5 Å². The molecule has 0 bridgehead atoms. The largest absolute Gasteiger partial charge is 0.379 e. The fraction of sp³-hybridized carbons (Fsp3) is 0.350. The number of primary sulfonamides is 1. The molecule has 2 rings (SSSR count). The maximum atomic E-state index is 12.2. The van der Waals surface area contributed by atoms with Crippen LogP contribution >= 0.6 is 0 Å². The topological polar surface area (TPSA) is 144 Å². The number of anilines is 1. The molecule has 0 saturated carbocycles. The van der Waals surface area contributed by atoms with Gasteiger partial charge in [-0.2, -0.15) is 0 Å². The average molecular weight is 435 g/mol. The molecule has 1 amide bonds. The number of rotatable bonds is 10. The van der Waals surface area contributed by atoms with Gasteiger partial charge in [0.1, 0.15) is 5.69 Å². The summed E-state index contributed by atoms with van der Waals surface area (Å²) in [4.78, 5) is 22.4. The number of hydrogen-bond acceptors (Lipinski definition) is 6. The number of amides is 1. The Morgan fingerprint density at radius 2 is 1.83 bits per heavy atom. The third kappa shape index (κ3) is 6.53.